The number of hydrogen-bond acceptors (Lipinski definition) is 3. The quantitative estimate of drug-likeness (QED) is 0.841. The average molecular weight is 288 g/mol. The Morgan fingerprint density at radius 1 is 1.14 bits per heavy atom. The molecule has 0 spiro atoms. The number of ether oxygens (including phenoxy) is 1. The molecule has 2 atom stereocenters. The molecule has 4 heteroatoms. The lowest BCUT2D eigenvalue weighted by Crippen LogP contribution is -2.19. The van der Waals surface area contributed by atoms with Gasteiger partial charge >= 0.3 is 0 Å². The van der Waals surface area contributed by atoms with Crippen LogP contribution in [0.2, 0.25) is 0 Å². The largest absolute Gasteiger partial charge is 0.507 e. The van der Waals surface area contributed by atoms with E-state index in [1.807, 2.05) is 26.0 Å². The second-order valence-electron chi connectivity index (χ2n) is 5.54. The van der Waals surface area contributed by atoms with Crippen molar-refractivity contribution in [3.8, 4) is 11.5 Å². The summed E-state index contributed by atoms with van der Waals surface area (Å²) in [6.45, 7) is 3.64. The summed E-state index contributed by atoms with van der Waals surface area (Å²) in [7, 11) is 0. The van der Waals surface area contributed by atoms with Crippen molar-refractivity contribution in [2.24, 2.45) is 0 Å². The Labute approximate surface area is 122 Å². The third-order valence-corrected chi connectivity index (χ3v) is 3.93. The van der Waals surface area contributed by atoms with Crippen LogP contribution in [-0.4, -0.2) is 10.2 Å². The predicted octanol–water partition coefficient (Wildman–Crippen LogP) is 3.71. The van der Waals surface area contributed by atoms with Gasteiger partial charge in [-0.3, -0.25) is 0 Å². The zero-order valence-electron chi connectivity index (χ0n) is 11.9. The van der Waals surface area contributed by atoms with Gasteiger partial charge < -0.3 is 14.9 Å². The van der Waals surface area contributed by atoms with Gasteiger partial charge in [0.15, 0.2) is 0 Å². The Morgan fingerprint density at radius 2 is 1.81 bits per heavy atom. The Bertz CT molecular complexity index is 673. The third kappa shape index (κ3) is 2.47. The molecule has 1 unspecified atom stereocenters. The van der Waals surface area contributed by atoms with Crippen molar-refractivity contribution < 1.29 is 19.3 Å². The molecule has 3 rings (SSSR count). The monoisotopic (exact) mass is 288 g/mol. The molecule has 1 heterocycles. The van der Waals surface area contributed by atoms with Gasteiger partial charge in [-0.25, -0.2) is 4.39 Å². The van der Waals surface area contributed by atoms with Crippen LogP contribution < -0.4 is 4.74 Å². The first kappa shape index (κ1) is 13.9. The molecule has 1 aliphatic rings. The first-order valence-electron chi connectivity index (χ1n) is 6.90. The fourth-order valence-corrected chi connectivity index (χ4v) is 2.80. The minimum absolute atomic E-state index is 0.265. The summed E-state index contributed by atoms with van der Waals surface area (Å²) >= 11 is 0. The van der Waals surface area contributed by atoms with Crippen molar-refractivity contribution in [1.29, 1.82) is 0 Å². The molecule has 110 valence electrons. The van der Waals surface area contributed by atoms with Crippen molar-refractivity contribution in [3.05, 3.63) is 58.4 Å². The molecular formula is C17H17FO3. The molecule has 0 amide bonds. The summed E-state index contributed by atoms with van der Waals surface area (Å²) < 4.78 is 19.2. The minimum Gasteiger partial charge on any atom is -0.507 e. The molecule has 0 radical (unpaired) electrons. The lowest BCUT2D eigenvalue weighted by molar-refractivity contribution is 0.0653. The number of hydrogen-bond donors (Lipinski definition) is 2. The molecule has 0 aliphatic carbocycles. The van der Waals surface area contributed by atoms with Crippen LogP contribution in [0.3, 0.4) is 0 Å². The molecule has 2 N–H and O–H groups in total. The smallest absolute Gasteiger partial charge is 0.128 e. The highest BCUT2D eigenvalue weighted by molar-refractivity contribution is 5.44. The van der Waals surface area contributed by atoms with Crippen LogP contribution in [0.4, 0.5) is 4.39 Å². The van der Waals surface area contributed by atoms with Gasteiger partial charge in [0.05, 0.1) is 6.10 Å². The summed E-state index contributed by atoms with van der Waals surface area (Å²) in [5.41, 5.74) is 3.00. The fraction of sp³-hybridized carbons (Fsp3) is 0.294. The van der Waals surface area contributed by atoms with Crippen molar-refractivity contribution in [3.63, 3.8) is 0 Å². The Balaban J connectivity index is 1.99. The van der Waals surface area contributed by atoms with E-state index >= 15 is 0 Å². The predicted molar refractivity (Wildman–Crippen MR) is 76.9 cm³/mol. The molecule has 2 aromatic rings. The van der Waals surface area contributed by atoms with Crippen LogP contribution in [-0.2, 0) is 0 Å². The Hall–Kier alpha value is -2.07. The molecule has 21 heavy (non-hydrogen) atoms. The zero-order valence-corrected chi connectivity index (χ0v) is 11.9. The number of benzene rings is 2. The Morgan fingerprint density at radius 3 is 2.48 bits per heavy atom. The van der Waals surface area contributed by atoms with Crippen LogP contribution in [0.5, 0.6) is 11.5 Å². The van der Waals surface area contributed by atoms with Gasteiger partial charge in [-0.2, -0.15) is 0 Å². The van der Waals surface area contributed by atoms with Gasteiger partial charge in [0.1, 0.15) is 23.4 Å². The normalized spacial score (nSPS) is 20.8. The highest BCUT2D eigenvalue weighted by Gasteiger charge is 2.28. The SMILES string of the molecule is Cc1cc(C2C[C@@H](O)c3ccc(F)cc3O2)cc(C)c1O. The molecule has 0 saturated heterocycles. The topological polar surface area (TPSA) is 49.7 Å². The van der Waals surface area contributed by atoms with E-state index < -0.39 is 6.10 Å². The fourth-order valence-electron chi connectivity index (χ4n) is 2.80. The van der Waals surface area contributed by atoms with Gasteiger partial charge in [0, 0.05) is 18.1 Å². The van der Waals surface area contributed by atoms with Gasteiger partial charge in [0.25, 0.3) is 0 Å². The summed E-state index contributed by atoms with van der Waals surface area (Å²) in [4.78, 5) is 0. The number of aliphatic hydroxyl groups excluding tert-OH is 1. The van der Waals surface area contributed by atoms with Gasteiger partial charge in [-0.15, -0.1) is 0 Å². The maximum atomic E-state index is 13.3. The van der Waals surface area contributed by atoms with E-state index in [0.717, 1.165) is 16.7 Å². The summed E-state index contributed by atoms with van der Waals surface area (Å²) in [6.07, 6.45) is -0.636. The number of aliphatic hydroxyl groups is 1. The van der Waals surface area contributed by atoms with E-state index in [1.54, 1.807) is 6.07 Å². The van der Waals surface area contributed by atoms with Crippen molar-refractivity contribution >= 4 is 0 Å². The van der Waals surface area contributed by atoms with Gasteiger partial charge in [-0.1, -0.05) is 0 Å². The van der Waals surface area contributed by atoms with E-state index in [2.05, 4.69) is 0 Å². The maximum absolute atomic E-state index is 13.3. The minimum atomic E-state index is -0.686. The lowest BCUT2D eigenvalue weighted by Gasteiger charge is -2.30. The molecule has 1 aliphatic heterocycles. The number of fused-ring (bicyclic) bond motifs is 1. The summed E-state index contributed by atoms with van der Waals surface area (Å²) in [6, 6.07) is 7.85. The van der Waals surface area contributed by atoms with Crippen LogP contribution >= 0.6 is 0 Å². The van der Waals surface area contributed by atoms with Gasteiger partial charge in [0.2, 0.25) is 0 Å². The molecular weight excluding hydrogens is 271 g/mol. The van der Waals surface area contributed by atoms with E-state index in [1.165, 1.54) is 12.1 Å². The highest BCUT2D eigenvalue weighted by atomic mass is 19.1. The van der Waals surface area contributed by atoms with Gasteiger partial charge in [-0.05, 0) is 54.8 Å². The summed E-state index contributed by atoms with van der Waals surface area (Å²) in [5, 5.41) is 20.1. The Kier molecular flexibility index (Phi) is 3.33. The number of halogens is 1. The van der Waals surface area contributed by atoms with Crippen LogP contribution in [0, 0.1) is 19.7 Å². The second kappa shape index (κ2) is 5.04. The number of rotatable bonds is 1. The standard InChI is InChI=1S/C17H17FO3/c1-9-5-11(6-10(2)17(9)20)15-8-14(19)13-4-3-12(18)7-16(13)21-15/h3-7,14-15,19-20H,8H2,1-2H3/t14-,15?/m1/s1. The number of aromatic hydroxyl groups is 1. The van der Waals surface area contributed by atoms with Crippen LogP contribution in [0.1, 0.15) is 40.9 Å². The average Bonchev–Trinajstić information content (AvgIpc) is 2.43. The molecule has 3 nitrogen and oxygen atoms in total. The van der Waals surface area contributed by atoms with Crippen molar-refractivity contribution in [2.75, 3.05) is 0 Å². The molecule has 0 bridgehead atoms. The number of phenols is 1. The number of aryl methyl sites for hydroxylation is 2. The van der Waals surface area contributed by atoms with E-state index in [9.17, 15) is 14.6 Å². The highest BCUT2D eigenvalue weighted by Crippen LogP contribution is 2.42. The molecule has 0 saturated carbocycles. The maximum Gasteiger partial charge on any atom is 0.128 e. The van der Waals surface area contributed by atoms with Crippen LogP contribution in [0.15, 0.2) is 30.3 Å². The third-order valence-electron chi connectivity index (χ3n) is 3.93. The van der Waals surface area contributed by atoms with E-state index in [0.29, 0.717) is 17.7 Å². The second-order valence-corrected chi connectivity index (χ2v) is 5.54. The first-order valence-corrected chi connectivity index (χ1v) is 6.90. The van der Waals surface area contributed by atoms with Crippen LogP contribution in [0.25, 0.3) is 0 Å². The molecule has 0 aromatic heterocycles. The zero-order chi connectivity index (χ0) is 15.1. The lowest BCUT2D eigenvalue weighted by atomic mass is 9.93. The summed E-state index contributed by atoms with van der Waals surface area (Å²) in [5.74, 6) is 0.253. The van der Waals surface area contributed by atoms with E-state index in [-0.39, 0.29) is 17.7 Å². The molecule has 2 aromatic carbocycles. The van der Waals surface area contributed by atoms with Crippen molar-refractivity contribution in [1.82, 2.24) is 0 Å². The molecule has 0 fully saturated rings. The number of phenolic OH excluding ortho intramolecular Hbond substituents is 1. The van der Waals surface area contributed by atoms with E-state index in [4.69, 9.17) is 4.74 Å². The first-order chi connectivity index (χ1) is 9.95. The van der Waals surface area contributed by atoms with Crippen molar-refractivity contribution in [2.45, 2.75) is 32.5 Å².